The molecule has 0 unspecified atom stereocenters. The summed E-state index contributed by atoms with van der Waals surface area (Å²) in [5.41, 5.74) is 1.00. The number of aliphatic hydroxyl groups excluding tert-OH is 2. The number of halogens is 1. The van der Waals surface area contributed by atoms with Gasteiger partial charge in [-0.2, -0.15) is 0 Å². The minimum absolute atomic E-state index is 0.156. The van der Waals surface area contributed by atoms with Crippen molar-refractivity contribution in [1.82, 2.24) is 9.88 Å². The number of amides is 1. The molecule has 5 nitrogen and oxygen atoms in total. The number of carbonyl (C=O) groups is 1. The van der Waals surface area contributed by atoms with E-state index in [2.05, 4.69) is 4.98 Å². The number of aromatic nitrogens is 1. The standard InChI is InChI=1S/C11H15ClN2O3/c1-8-6-10(12)9(7-13-8)11(17)14(2-4-15)3-5-16/h6-7,15-16H,2-5H2,1H3. The van der Waals surface area contributed by atoms with E-state index in [0.717, 1.165) is 5.69 Å². The zero-order chi connectivity index (χ0) is 12.8. The van der Waals surface area contributed by atoms with Crippen LogP contribution in [-0.2, 0) is 0 Å². The Kier molecular flexibility index (Phi) is 5.34. The Balaban J connectivity index is 2.92. The summed E-state index contributed by atoms with van der Waals surface area (Å²) in [6.45, 7) is 1.76. The summed E-state index contributed by atoms with van der Waals surface area (Å²) in [5.74, 6) is -0.342. The van der Waals surface area contributed by atoms with Crippen LogP contribution in [0.2, 0.25) is 5.02 Å². The molecule has 0 spiro atoms. The minimum Gasteiger partial charge on any atom is -0.395 e. The van der Waals surface area contributed by atoms with Gasteiger partial charge in [0.05, 0.1) is 23.8 Å². The molecule has 1 amide bonds. The lowest BCUT2D eigenvalue weighted by atomic mass is 10.2. The van der Waals surface area contributed by atoms with E-state index in [4.69, 9.17) is 21.8 Å². The molecule has 0 fully saturated rings. The highest BCUT2D eigenvalue weighted by molar-refractivity contribution is 6.33. The summed E-state index contributed by atoms with van der Waals surface area (Å²) in [4.78, 5) is 17.4. The quantitative estimate of drug-likeness (QED) is 0.805. The molecule has 1 aromatic heterocycles. The Morgan fingerprint density at radius 3 is 2.47 bits per heavy atom. The molecule has 0 saturated carbocycles. The van der Waals surface area contributed by atoms with Crippen molar-refractivity contribution in [3.05, 3.63) is 28.5 Å². The number of hydrogen-bond donors (Lipinski definition) is 2. The van der Waals surface area contributed by atoms with Crippen molar-refractivity contribution in [3.63, 3.8) is 0 Å². The van der Waals surface area contributed by atoms with Crippen molar-refractivity contribution in [2.45, 2.75) is 6.92 Å². The fraction of sp³-hybridized carbons (Fsp3) is 0.455. The molecule has 0 aliphatic rings. The van der Waals surface area contributed by atoms with Gasteiger partial charge >= 0.3 is 0 Å². The molecule has 2 N–H and O–H groups in total. The zero-order valence-corrected chi connectivity index (χ0v) is 10.3. The number of aryl methyl sites for hydroxylation is 1. The molecule has 0 radical (unpaired) electrons. The molecule has 0 bridgehead atoms. The topological polar surface area (TPSA) is 73.7 Å². The van der Waals surface area contributed by atoms with E-state index in [1.54, 1.807) is 13.0 Å². The lowest BCUT2D eigenvalue weighted by Crippen LogP contribution is -2.36. The molecular formula is C11H15ClN2O3. The Hall–Kier alpha value is -1.17. The molecule has 0 aliphatic carbocycles. The molecule has 6 heteroatoms. The second-order valence-corrected chi connectivity index (χ2v) is 3.95. The third kappa shape index (κ3) is 3.66. The predicted octanol–water partition coefficient (Wildman–Crippen LogP) is 0.470. The van der Waals surface area contributed by atoms with E-state index in [9.17, 15) is 4.79 Å². The second kappa shape index (κ2) is 6.54. The molecular weight excluding hydrogens is 244 g/mol. The first-order valence-corrected chi connectivity index (χ1v) is 5.61. The monoisotopic (exact) mass is 258 g/mol. The first kappa shape index (κ1) is 13.9. The second-order valence-electron chi connectivity index (χ2n) is 3.54. The van der Waals surface area contributed by atoms with Gasteiger partial charge in [0.25, 0.3) is 5.91 Å². The maximum atomic E-state index is 12.0. The van der Waals surface area contributed by atoms with Crippen molar-refractivity contribution >= 4 is 17.5 Å². The molecule has 0 aliphatic heterocycles. The van der Waals surface area contributed by atoms with Crippen LogP contribution >= 0.6 is 11.6 Å². The number of aliphatic hydroxyl groups is 2. The Labute approximate surface area is 105 Å². The number of pyridine rings is 1. The predicted molar refractivity (Wildman–Crippen MR) is 64.1 cm³/mol. The highest BCUT2D eigenvalue weighted by Gasteiger charge is 2.18. The molecule has 0 atom stereocenters. The van der Waals surface area contributed by atoms with Gasteiger partial charge in [-0.25, -0.2) is 0 Å². The van der Waals surface area contributed by atoms with Gasteiger partial charge < -0.3 is 15.1 Å². The fourth-order valence-corrected chi connectivity index (χ4v) is 1.70. The normalized spacial score (nSPS) is 10.4. The van der Waals surface area contributed by atoms with Gasteiger partial charge in [0, 0.05) is 25.0 Å². The number of carbonyl (C=O) groups excluding carboxylic acids is 1. The summed E-state index contributed by atoms with van der Waals surface area (Å²) in [7, 11) is 0. The molecule has 17 heavy (non-hydrogen) atoms. The van der Waals surface area contributed by atoms with E-state index in [0.29, 0.717) is 5.02 Å². The van der Waals surface area contributed by atoms with Crippen LogP contribution in [0, 0.1) is 6.92 Å². The van der Waals surface area contributed by atoms with Crippen molar-refractivity contribution < 1.29 is 15.0 Å². The summed E-state index contributed by atoms with van der Waals surface area (Å²) >= 11 is 5.96. The number of rotatable bonds is 5. The zero-order valence-electron chi connectivity index (χ0n) is 9.56. The van der Waals surface area contributed by atoms with Crippen LogP contribution in [0.3, 0.4) is 0 Å². The van der Waals surface area contributed by atoms with Gasteiger partial charge in [-0.1, -0.05) is 11.6 Å². The lowest BCUT2D eigenvalue weighted by molar-refractivity contribution is 0.0684. The van der Waals surface area contributed by atoms with Crippen LogP contribution in [0.25, 0.3) is 0 Å². The van der Waals surface area contributed by atoms with E-state index in [1.807, 2.05) is 0 Å². The van der Waals surface area contributed by atoms with Crippen molar-refractivity contribution in [1.29, 1.82) is 0 Å². The third-order valence-corrected chi connectivity index (χ3v) is 2.56. The molecule has 1 rings (SSSR count). The first-order valence-electron chi connectivity index (χ1n) is 5.23. The average Bonchev–Trinajstić information content (AvgIpc) is 2.28. The third-order valence-electron chi connectivity index (χ3n) is 2.25. The summed E-state index contributed by atoms with van der Waals surface area (Å²) in [5, 5.41) is 18.0. The van der Waals surface area contributed by atoms with Crippen molar-refractivity contribution in [2.75, 3.05) is 26.3 Å². The van der Waals surface area contributed by atoms with Crippen LogP contribution in [0.4, 0.5) is 0 Å². The number of hydrogen-bond acceptors (Lipinski definition) is 4. The van der Waals surface area contributed by atoms with E-state index in [-0.39, 0.29) is 37.8 Å². The van der Waals surface area contributed by atoms with Gasteiger partial charge in [-0.05, 0) is 13.0 Å². The van der Waals surface area contributed by atoms with Gasteiger partial charge in [0.15, 0.2) is 0 Å². The maximum absolute atomic E-state index is 12.0. The van der Waals surface area contributed by atoms with Crippen molar-refractivity contribution in [3.8, 4) is 0 Å². The van der Waals surface area contributed by atoms with Gasteiger partial charge in [0.1, 0.15) is 0 Å². The summed E-state index contributed by atoms with van der Waals surface area (Å²) in [6, 6.07) is 1.60. The maximum Gasteiger partial charge on any atom is 0.257 e. The summed E-state index contributed by atoms with van der Waals surface area (Å²) < 4.78 is 0. The van der Waals surface area contributed by atoms with Gasteiger partial charge in [0.2, 0.25) is 0 Å². The van der Waals surface area contributed by atoms with Gasteiger partial charge in [-0.15, -0.1) is 0 Å². The van der Waals surface area contributed by atoms with E-state index < -0.39 is 0 Å². The van der Waals surface area contributed by atoms with Crippen LogP contribution in [0.15, 0.2) is 12.3 Å². The SMILES string of the molecule is Cc1cc(Cl)c(C(=O)N(CCO)CCO)cn1. The summed E-state index contributed by atoms with van der Waals surface area (Å²) in [6.07, 6.45) is 1.40. The van der Waals surface area contributed by atoms with Crippen LogP contribution in [-0.4, -0.2) is 52.3 Å². The van der Waals surface area contributed by atoms with Crippen molar-refractivity contribution in [2.24, 2.45) is 0 Å². The van der Waals surface area contributed by atoms with Gasteiger partial charge in [-0.3, -0.25) is 9.78 Å². The Morgan fingerprint density at radius 2 is 2.00 bits per heavy atom. The van der Waals surface area contributed by atoms with Crippen LogP contribution < -0.4 is 0 Å². The lowest BCUT2D eigenvalue weighted by Gasteiger charge is -2.21. The minimum atomic E-state index is -0.342. The van der Waals surface area contributed by atoms with Crippen LogP contribution in [0.5, 0.6) is 0 Å². The fourth-order valence-electron chi connectivity index (χ4n) is 1.41. The highest BCUT2D eigenvalue weighted by Crippen LogP contribution is 2.17. The molecule has 94 valence electrons. The molecule has 0 saturated heterocycles. The molecule has 0 aromatic carbocycles. The molecule has 1 heterocycles. The first-order chi connectivity index (χ1) is 8.10. The highest BCUT2D eigenvalue weighted by atomic mass is 35.5. The average molecular weight is 259 g/mol. The Morgan fingerprint density at radius 1 is 1.41 bits per heavy atom. The largest absolute Gasteiger partial charge is 0.395 e. The smallest absolute Gasteiger partial charge is 0.257 e. The van der Waals surface area contributed by atoms with Crippen LogP contribution in [0.1, 0.15) is 16.1 Å². The van der Waals surface area contributed by atoms with E-state index >= 15 is 0 Å². The Bertz CT molecular complexity index is 392. The molecule has 1 aromatic rings. The van der Waals surface area contributed by atoms with E-state index in [1.165, 1.54) is 11.1 Å². The number of nitrogens with zero attached hydrogens (tertiary/aromatic N) is 2.